The summed E-state index contributed by atoms with van der Waals surface area (Å²) in [5.41, 5.74) is 2.99. The monoisotopic (exact) mass is 468 g/mol. The van der Waals surface area contributed by atoms with Gasteiger partial charge in [0, 0.05) is 42.0 Å². The van der Waals surface area contributed by atoms with E-state index in [1.807, 2.05) is 18.2 Å². The zero-order chi connectivity index (χ0) is 24.8. The number of aliphatic hydroxyl groups is 1. The lowest BCUT2D eigenvalue weighted by molar-refractivity contribution is -0.127. The van der Waals surface area contributed by atoms with Gasteiger partial charge in [-0.15, -0.1) is 0 Å². The Balaban J connectivity index is 1.52. The van der Waals surface area contributed by atoms with Crippen molar-refractivity contribution in [2.45, 2.75) is 50.5 Å². The molecular formula is C31H33FN2O. The van der Waals surface area contributed by atoms with Crippen LogP contribution in [0.3, 0.4) is 0 Å². The second-order valence-electron chi connectivity index (χ2n) is 11.0. The number of hydrogen-bond acceptors (Lipinski definition) is 3. The van der Waals surface area contributed by atoms with Crippen molar-refractivity contribution in [2.24, 2.45) is 5.41 Å². The van der Waals surface area contributed by atoms with Gasteiger partial charge in [-0.05, 0) is 60.7 Å². The van der Waals surface area contributed by atoms with Crippen molar-refractivity contribution in [2.75, 3.05) is 20.1 Å². The lowest BCUT2D eigenvalue weighted by Gasteiger charge is -2.55. The third-order valence-electron chi connectivity index (χ3n) is 7.86. The number of hydrogen-bond donors (Lipinski definition) is 1. The average molecular weight is 469 g/mol. The van der Waals surface area contributed by atoms with Gasteiger partial charge in [0.1, 0.15) is 11.4 Å². The highest BCUT2D eigenvalue weighted by molar-refractivity contribution is 5.48. The molecule has 1 unspecified atom stereocenters. The van der Waals surface area contributed by atoms with Gasteiger partial charge in [-0.3, -0.25) is 4.98 Å². The first-order valence-corrected chi connectivity index (χ1v) is 12.4. The van der Waals surface area contributed by atoms with Gasteiger partial charge in [-0.2, -0.15) is 0 Å². The molecular weight excluding hydrogens is 435 g/mol. The molecule has 180 valence electrons. The fraction of sp³-hybridized carbons (Fsp3) is 0.387. The fourth-order valence-electron chi connectivity index (χ4n) is 5.62. The molecule has 1 N–H and O–H groups in total. The molecule has 1 saturated carbocycles. The minimum atomic E-state index is -1.19. The van der Waals surface area contributed by atoms with Crippen molar-refractivity contribution in [3.63, 3.8) is 0 Å². The number of benzene rings is 2. The van der Waals surface area contributed by atoms with Gasteiger partial charge in [0.05, 0.1) is 5.41 Å². The minimum Gasteiger partial charge on any atom is -0.380 e. The number of pyridine rings is 1. The van der Waals surface area contributed by atoms with E-state index in [4.69, 9.17) is 0 Å². The Bertz CT molecular complexity index is 1280. The Hall–Kier alpha value is -3.00. The molecule has 2 aliphatic rings. The van der Waals surface area contributed by atoms with Crippen molar-refractivity contribution in [1.82, 2.24) is 9.88 Å². The van der Waals surface area contributed by atoms with E-state index in [1.165, 1.54) is 17.7 Å². The van der Waals surface area contributed by atoms with E-state index < -0.39 is 5.60 Å². The normalized spacial score (nSPS) is 19.9. The Morgan fingerprint density at radius 1 is 1.00 bits per heavy atom. The highest BCUT2D eigenvalue weighted by Crippen LogP contribution is 2.50. The zero-order valence-electron chi connectivity index (χ0n) is 21.0. The molecule has 2 aromatic carbocycles. The predicted molar refractivity (Wildman–Crippen MR) is 138 cm³/mol. The molecule has 5 rings (SSSR count). The van der Waals surface area contributed by atoms with Crippen LogP contribution >= 0.6 is 0 Å². The maximum atomic E-state index is 13.4. The fourth-order valence-corrected chi connectivity index (χ4v) is 5.62. The van der Waals surface area contributed by atoms with Crippen molar-refractivity contribution in [3.05, 3.63) is 101 Å². The van der Waals surface area contributed by atoms with Gasteiger partial charge in [-0.1, -0.05) is 69.0 Å². The van der Waals surface area contributed by atoms with Crippen molar-refractivity contribution >= 4 is 0 Å². The van der Waals surface area contributed by atoms with Crippen LogP contribution in [0.1, 0.15) is 67.3 Å². The van der Waals surface area contributed by atoms with E-state index >= 15 is 0 Å². The zero-order valence-corrected chi connectivity index (χ0v) is 21.0. The predicted octanol–water partition coefficient (Wildman–Crippen LogP) is 5.62. The summed E-state index contributed by atoms with van der Waals surface area (Å²) in [7, 11) is 2.08. The molecule has 3 aromatic rings. The lowest BCUT2D eigenvalue weighted by atomic mass is 9.62. The molecule has 0 bridgehead atoms. The molecule has 4 heteroatoms. The SMILES string of the molecule is CC(C)c1ccc(C(O)(c2cncc(C#CC3(c4ccc(F)cc4)CC3)c2)C2(C)CN(C)C2)cc1. The minimum absolute atomic E-state index is 0.213. The molecule has 1 aromatic heterocycles. The van der Waals surface area contributed by atoms with Crippen molar-refractivity contribution < 1.29 is 9.50 Å². The number of nitrogens with zero attached hydrogens (tertiary/aromatic N) is 2. The molecule has 1 aliphatic heterocycles. The van der Waals surface area contributed by atoms with Gasteiger partial charge in [0.25, 0.3) is 0 Å². The van der Waals surface area contributed by atoms with Gasteiger partial charge < -0.3 is 10.0 Å². The van der Waals surface area contributed by atoms with Crippen LogP contribution in [0.4, 0.5) is 4.39 Å². The van der Waals surface area contributed by atoms with E-state index in [-0.39, 0.29) is 16.6 Å². The number of aromatic nitrogens is 1. The number of likely N-dealkylation sites (tertiary alicyclic amines) is 1. The van der Waals surface area contributed by atoms with Crippen molar-refractivity contribution in [3.8, 4) is 11.8 Å². The Labute approximate surface area is 208 Å². The topological polar surface area (TPSA) is 36.4 Å². The summed E-state index contributed by atoms with van der Waals surface area (Å²) in [5, 5.41) is 12.4. The van der Waals surface area contributed by atoms with Crippen LogP contribution in [0.5, 0.6) is 0 Å². The first kappa shape index (κ1) is 23.7. The molecule has 3 nitrogen and oxygen atoms in total. The molecule has 0 radical (unpaired) electrons. The van der Waals surface area contributed by atoms with Crippen LogP contribution in [0.2, 0.25) is 0 Å². The summed E-state index contributed by atoms with van der Waals surface area (Å²) in [6.07, 6.45) is 5.47. The van der Waals surface area contributed by atoms with Crippen LogP contribution in [0.15, 0.2) is 67.0 Å². The summed E-state index contributed by atoms with van der Waals surface area (Å²) >= 11 is 0. The van der Waals surface area contributed by atoms with Gasteiger partial charge in [0.2, 0.25) is 0 Å². The quantitative estimate of drug-likeness (QED) is 0.494. The maximum absolute atomic E-state index is 13.4. The second-order valence-corrected chi connectivity index (χ2v) is 11.0. The average Bonchev–Trinajstić information content (AvgIpc) is 3.63. The second kappa shape index (κ2) is 8.59. The van der Waals surface area contributed by atoms with E-state index in [0.717, 1.165) is 48.2 Å². The van der Waals surface area contributed by atoms with Gasteiger partial charge in [0.15, 0.2) is 0 Å². The Morgan fingerprint density at radius 2 is 1.66 bits per heavy atom. The Kier molecular flexibility index (Phi) is 5.82. The van der Waals surface area contributed by atoms with Gasteiger partial charge >= 0.3 is 0 Å². The molecule has 35 heavy (non-hydrogen) atoms. The molecule has 0 spiro atoms. The van der Waals surface area contributed by atoms with Crippen LogP contribution in [0.25, 0.3) is 0 Å². The first-order valence-electron chi connectivity index (χ1n) is 12.4. The largest absolute Gasteiger partial charge is 0.380 e. The van der Waals surface area contributed by atoms with E-state index in [0.29, 0.717) is 5.92 Å². The van der Waals surface area contributed by atoms with Crippen LogP contribution < -0.4 is 0 Å². The van der Waals surface area contributed by atoms with Crippen LogP contribution in [-0.2, 0) is 11.0 Å². The molecule has 1 atom stereocenters. The summed E-state index contributed by atoms with van der Waals surface area (Å²) in [6.45, 7) is 8.08. The summed E-state index contributed by atoms with van der Waals surface area (Å²) in [4.78, 5) is 6.72. The summed E-state index contributed by atoms with van der Waals surface area (Å²) < 4.78 is 13.4. The van der Waals surface area contributed by atoms with Gasteiger partial charge in [-0.25, -0.2) is 4.39 Å². The molecule has 2 heterocycles. The summed E-state index contributed by atoms with van der Waals surface area (Å²) in [5.74, 6) is 6.95. The lowest BCUT2D eigenvalue weighted by Crippen LogP contribution is -2.63. The van der Waals surface area contributed by atoms with Crippen molar-refractivity contribution in [1.29, 1.82) is 0 Å². The summed E-state index contributed by atoms with van der Waals surface area (Å²) in [6, 6.07) is 17.0. The van der Waals surface area contributed by atoms with Crippen LogP contribution in [-0.4, -0.2) is 35.1 Å². The highest BCUT2D eigenvalue weighted by atomic mass is 19.1. The van der Waals surface area contributed by atoms with E-state index in [1.54, 1.807) is 12.4 Å². The van der Waals surface area contributed by atoms with Crippen LogP contribution in [0, 0.1) is 23.1 Å². The highest BCUT2D eigenvalue weighted by Gasteiger charge is 2.55. The van der Waals surface area contributed by atoms with E-state index in [9.17, 15) is 9.50 Å². The Morgan fingerprint density at radius 3 is 2.23 bits per heavy atom. The standard InChI is InChI=1S/C31H33FN2O/c1-22(2)24-5-7-26(8-6-24)31(35,29(3)20-34(4)21-29)27-17-23(18-33-19-27)13-14-30(15-16-30)25-9-11-28(32)12-10-25/h5-12,17-19,22,35H,15-16,20-21H2,1-4H3. The third-order valence-corrected chi connectivity index (χ3v) is 7.86. The number of rotatable bonds is 5. The van der Waals surface area contributed by atoms with E-state index in [2.05, 4.69) is 73.8 Å². The maximum Gasteiger partial charge on any atom is 0.124 e. The first-order chi connectivity index (χ1) is 16.7. The number of halogens is 1. The molecule has 0 amide bonds. The molecule has 2 fully saturated rings. The molecule has 1 saturated heterocycles. The molecule has 1 aliphatic carbocycles. The third kappa shape index (κ3) is 4.18. The smallest absolute Gasteiger partial charge is 0.124 e.